The lowest BCUT2D eigenvalue weighted by Gasteiger charge is -2.35. The predicted octanol–water partition coefficient (Wildman–Crippen LogP) is 2.23. The van der Waals surface area contributed by atoms with Gasteiger partial charge in [0.1, 0.15) is 5.69 Å². The van der Waals surface area contributed by atoms with Gasteiger partial charge in [-0.2, -0.15) is 0 Å². The zero-order chi connectivity index (χ0) is 17.1. The second-order valence-corrected chi connectivity index (χ2v) is 5.59. The number of H-pyrrole nitrogens is 1. The van der Waals surface area contributed by atoms with Crippen molar-refractivity contribution in [1.29, 1.82) is 0 Å². The second kappa shape index (κ2) is 6.82. The number of esters is 1. The summed E-state index contributed by atoms with van der Waals surface area (Å²) in [5.74, 6) is -0.385. The summed E-state index contributed by atoms with van der Waals surface area (Å²) in [6, 6.07) is 7.72. The van der Waals surface area contributed by atoms with Gasteiger partial charge in [-0.25, -0.2) is 9.59 Å². The average Bonchev–Trinajstić information content (AvgIpc) is 3.05. The fourth-order valence-corrected chi connectivity index (χ4v) is 2.97. The molecule has 7 heteroatoms. The molecule has 3 rings (SSSR count). The lowest BCUT2D eigenvalue weighted by atomic mass is 10.2. The molecule has 7 nitrogen and oxygen atoms in total. The molecule has 1 aromatic carbocycles. The molecule has 2 heterocycles. The molecule has 0 bridgehead atoms. The zero-order valence-corrected chi connectivity index (χ0v) is 13.9. The first-order chi connectivity index (χ1) is 11.6. The Hall–Kier alpha value is -2.70. The molecule has 0 atom stereocenters. The van der Waals surface area contributed by atoms with Crippen LogP contribution in [0.5, 0.6) is 0 Å². The average molecular weight is 331 g/mol. The minimum Gasteiger partial charge on any atom is -0.464 e. The summed E-state index contributed by atoms with van der Waals surface area (Å²) in [6.45, 7) is 4.84. The predicted molar refractivity (Wildman–Crippen MR) is 90.4 cm³/mol. The van der Waals surface area contributed by atoms with Gasteiger partial charge in [0.15, 0.2) is 0 Å². The fraction of sp³-hybridized carbons (Fsp3) is 0.412. The van der Waals surface area contributed by atoms with Crippen molar-refractivity contribution in [3.8, 4) is 0 Å². The van der Waals surface area contributed by atoms with Crippen molar-refractivity contribution in [2.75, 3.05) is 44.8 Å². The van der Waals surface area contributed by atoms with E-state index in [9.17, 15) is 9.59 Å². The maximum absolute atomic E-state index is 11.8. The molecule has 0 spiro atoms. The van der Waals surface area contributed by atoms with Gasteiger partial charge >= 0.3 is 12.1 Å². The number of amides is 1. The number of ether oxygens (including phenoxy) is 2. The molecule has 1 aliphatic rings. The first-order valence-electron chi connectivity index (χ1n) is 8.00. The number of benzene rings is 1. The van der Waals surface area contributed by atoms with Gasteiger partial charge in [0.05, 0.1) is 24.9 Å². The summed E-state index contributed by atoms with van der Waals surface area (Å²) in [7, 11) is 1.36. The van der Waals surface area contributed by atoms with E-state index in [0.717, 1.165) is 16.6 Å². The Morgan fingerprint density at radius 1 is 1.21 bits per heavy atom. The Morgan fingerprint density at radius 3 is 2.62 bits per heavy atom. The molecule has 1 saturated heterocycles. The molecule has 128 valence electrons. The largest absolute Gasteiger partial charge is 0.464 e. The molecule has 0 saturated carbocycles. The Morgan fingerprint density at radius 2 is 1.96 bits per heavy atom. The summed E-state index contributed by atoms with van der Waals surface area (Å²) >= 11 is 0. The van der Waals surface area contributed by atoms with E-state index in [1.54, 1.807) is 17.9 Å². The zero-order valence-electron chi connectivity index (χ0n) is 13.9. The van der Waals surface area contributed by atoms with Gasteiger partial charge < -0.3 is 24.3 Å². The quantitative estimate of drug-likeness (QED) is 0.873. The van der Waals surface area contributed by atoms with Crippen LogP contribution in [0.3, 0.4) is 0 Å². The standard InChI is InChI=1S/C17H21N3O4/c1-3-24-17(22)20-9-7-19(8-10-20)14-6-4-5-12-11-13(16(21)23-2)18-15(12)14/h4-6,11,18H,3,7-10H2,1-2H3. The minimum atomic E-state index is -0.385. The van der Waals surface area contributed by atoms with Gasteiger partial charge in [-0.05, 0) is 19.1 Å². The number of carbonyl (C=O) groups is 2. The van der Waals surface area contributed by atoms with Crippen LogP contribution in [0.15, 0.2) is 24.3 Å². The van der Waals surface area contributed by atoms with Crippen molar-refractivity contribution < 1.29 is 19.1 Å². The molecule has 0 unspecified atom stereocenters. The SMILES string of the molecule is CCOC(=O)N1CCN(c2cccc3cc(C(=O)OC)[nH]c23)CC1. The van der Waals surface area contributed by atoms with Crippen LogP contribution in [0.4, 0.5) is 10.5 Å². The molecule has 1 aromatic heterocycles. The smallest absolute Gasteiger partial charge is 0.409 e. The van der Waals surface area contributed by atoms with E-state index in [1.807, 2.05) is 18.2 Å². The summed E-state index contributed by atoms with van der Waals surface area (Å²) in [5.41, 5.74) is 2.36. The van der Waals surface area contributed by atoms with Gasteiger partial charge in [-0.15, -0.1) is 0 Å². The van der Waals surface area contributed by atoms with Crippen molar-refractivity contribution in [2.24, 2.45) is 0 Å². The summed E-state index contributed by atoms with van der Waals surface area (Å²) < 4.78 is 9.82. The molecule has 24 heavy (non-hydrogen) atoms. The molecular formula is C17H21N3O4. The highest BCUT2D eigenvalue weighted by atomic mass is 16.6. The minimum absolute atomic E-state index is 0.261. The van der Waals surface area contributed by atoms with E-state index in [0.29, 0.717) is 38.5 Å². The molecular weight excluding hydrogens is 310 g/mol. The highest BCUT2D eigenvalue weighted by Crippen LogP contribution is 2.28. The number of carbonyl (C=O) groups excluding carboxylic acids is 2. The van der Waals surface area contributed by atoms with E-state index < -0.39 is 0 Å². The number of para-hydroxylation sites is 1. The number of aromatic amines is 1. The van der Waals surface area contributed by atoms with Gasteiger partial charge in [0.2, 0.25) is 0 Å². The van der Waals surface area contributed by atoms with Gasteiger partial charge in [-0.3, -0.25) is 0 Å². The molecule has 0 aliphatic carbocycles. The molecule has 2 aromatic rings. The Kier molecular flexibility index (Phi) is 4.59. The number of nitrogens with one attached hydrogen (secondary N) is 1. The Balaban J connectivity index is 1.79. The normalized spacial score (nSPS) is 14.8. The first kappa shape index (κ1) is 16.2. The third kappa shape index (κ3) is 3.02. The van der Waals surface area contributed by atoms with Crippen molar-refractivity contribution in [3.05, 3.63) is 30.0 Å². The second-order valence-electron chi connectivity index (χ2n) is 5.59. The van der Waals surface area contributed by atoms with Crippen LogP contribution in [0, 0.1) is 0 Å². The number of methoxy groups -OCH3 is 1. The van der Waals surface area contributed by atoms with E-state index in [-0.39, 0.29) is 12.1 Å². The third-order valence-corrected chi connectivity index (χ3v) is 4.19. The number of nitrogens with zero attached hydrogens (tertiary/aromatic N) is 2. The van der Waals surface area contributed by atoms with Gasteiger partial charge in [-0.1, -0.05) is 12.1 Å². The van der Waals surface area contributed by atoms with Crippen LogP contribution in [-0.2, 0) is 9.47 Å². The Labute approximate surface area is 140 Å². The van der Waals surface area contributed by atoms with Crippen LogP contribution < -0.4 is 4.90 Å². The maximum Gasteiger partial charge on any atom is 0.409 e. The van der Waals surface area contributed by atoms with Crippen molar-refractivity contribution in [3.63, 3.8) is 0 Å². The van der Waals surface area contributed by atoms with Crippen molar-refractivity contribution in [1.82, 2.24) is 9.88 Å². The molecule has 1 fully saturated rings. The van der Waals surface area contributed by atoms with Crippen LogP contribution in [-0.4, -0.2) is 61.8 Å². The molecule has 1 N–H and O–H groups in total. The summed E-state index contributed by atoms with van der Waals surface area (Å²) in [6.07, 6.45) is -0.261. The third-order valence-electron chi connectivity index (χ3n) is 4.19. The number of piperazine rings is 1. The topological polar surface area (TPSA) is 74.9 Å². The lowest BCUT2D eigenvalue weighted by molar-refractivity contribution is 0.0595. The monoisotopic (exact) mass is 331 g/mol. The number of aromatic nitrogens is 1. The van der Waals surface area contributed by atoms with Crippen LogP contribution in [0.25, 0.3) is 10.9 Å². The molecule has 1 amide bonds. The number of hydrogen-bond acceptors (Lipinski definition) is 5. The summed E-state index contributed by atoms with van der Waals surface area (Å²) in [4.78, 5) is 30.6. The molecule has 0 radical (unpaired) electrons. The Bertz CT molecular complexity index is 747. The van der Waals surface area contributed by atoms with Crippen LogP contribution in [0.1, 0.15) is 17.4 Å². The maximum atomic E-state index is 11.8. The van der Waals surface area contributed by atoms with Crippen molar-refractivity contribution >= 4 is 28.7 Å². The fourth-order valence-electron chi connectivity index (χ4n) is 2.97. The van der Waals surface area contributed by atoms with Crippen LogP contribution >= 0.6 is 0 Å². The van der Waals surface area contributed by atoms with Crippen LogP contribution in [0.2, 0.25) is 0 Å². The van der Waals surface area contributed by atoms with E-state index in [2.05, 4.69) is 9.88 Å². The lowest BCUT2D eigenvalue weighted by Crippen LogP contribution is -2.49. The molecule has 1 aliphatic heterocycles. The number of hydrogen-bond donors (Lipinski definition) is 1. The van der Waals surface area contributed by atoms with E-state index in [4.69, 9.17) is 9.47 Å². The highest BCUT2D eigenvalue weighted by molar-refractivity contribution is 5.99. The van der Waals surface area contributed by atoms with Crippen molar-refractivity contribution in [2.45, 2.75) is 6.92 Å². The van der Waals surface area contributed by atoms with E-state index in [1.165, 1.54) is 7.11 Å². The van der Waals surface area contributed by atoms with Gasteiger partial charge in [0, 0.05) is 31.6 Å². The summed E-state index contributed by atoms with van der Waals surface area (Å²) in [5, 5.41) is 0.959. The highest BCUT2D eigenvalue weighted by Gasteiger charge is 2.23. The number of rotatable bonds is 3. The number of fused-ring (bicyclic) bond motifs is 1. The van der Waals surface area contributed by atoms with E-state index >= 15 is 0 Å². The number of anilines is 1. The van der Waals surface area contributed by atoms with Gasteiger partial charge in [0.25, 0.3) is 0 Å². The first-order valence-corrected chi connectivity index (χ1v) is 8.00.